The van der Waals surface area contributed by atoms with E-state index in [-0.39, 0.29) is 10.6 Å². The molecule has 0 amide bonds. The molecule has 28 heavy (non-hydrogen) atoms. The summed E-state index contributed by atoms with van der Waals surface area (Å²) in [6, 6.07) is 6.77. The highest BCUT2D eigenvalue weighted by Gasteiger charge is 2.31. The third-order valence-corrected chi connectivity index (χ3v) is 8.09. The van der Waals surface area contributed by atoms with Gasteiger partial charge < -0.3 is 10.0 Å². The van der Waals surface area contributed by atoms with Crippen LogP contribution in [0.15, 0.2) is 35.5 Å². The summed E-state index contributed by atoms with van der Waals surface area (Å²) in [5.41, 5.74) is 0.794. The largest absolute Gasteiger partial charge is 0.507 e. The number of phenols is 1. The van der Waals surface area contributed by atoms with Gasteiger partial charge in [-0.2, -0.15) is 4.31 Å². The molecular formula is C19H22N4O3S2. The molecule has 148 valence electrons. The summed E-state index contributed by atoms with van der Waals surface area (Å²) in [6.07, 6.45) is 2.52. The van der Waals surface area contributed by atoms with Crippen molar-refractivity contribution in [2.75, 3.05) is 31.1 Å². The maximum atomic E-state index is 13.0. The number of fused-ring (bicyclic) bond motifs is 1. The molecule has 2 aromatic heterocycles. The Bertz CT molecular complexity index is 1120. The van der Waals surface area contributed by atoms with Gasteiger partial charge in [-0.05, 0) is 37.1 Å². The molecule has 1 aliphatic heterocycles. The number of aromatic hydroxyl groups is 1. The Balaban J connectivity index is 1.57. The van der Waals surface area contributed by atoms with Crippen LogP contribution >= 0.6 is 11.3 Å². The zero-order valence-electron chi connectivity index (χ0n) is 15.8. The maximum absolute atomic E-state index is 13.0. The van der Waals surface area contributed by atoms with Crippen LogP contribution in [0, 0.1) is 6.92 Å². The van der Waals surface area contributed by atoms with E-state index < -0.39 is 10.0 Å². The quantitative estimate of drug-likeness (QED) is 0.701. The SMILES string of the molecule is CCc1cc2c(N3CCN(S(=O)(=O)c4cc(C)ccc4O)CC3)ncnc2s1. The summed E-state index contributed by atoms with van der Waals surface area (Å²) < 4.78 is 27.4. The zero-order valence-corrected chi connectivity index (χ0v) is 17.4. The monoisotopic (exact) mass is 418 g/mol. The van der Waals surface area contributed by atoms with Crippen LogP contribution in [0.5, 0.6) is 5.75 Å². The Labute approximate surface area is 168 Å². The highest BCUT2D eigenvalue weighted by atomic mass is 32.2. The molecule has 1 aromatic carbocycles. The second-order valence-electron chi connectivity index (χ2n) is 6.84. The topological polar surface area (TPSA) is 86.6 Å². The Morgan fingerprint density at radius 1 is 1.14 bits per heavy atom. The standard InChI is InChI=1S/C19H22N4O3S2/c1-3-14-11-15-18(20-12-21-19(15)27-14)22-6-8-23(9-7-22)28(25,26)17-10-13(2)4-5-16(17)24/h4-5,10-12,24H,3,6-9H2,1-2H3. The number of rotatable bonds is 4. The first-order chi connectivity index (χ1) is 13.4. The molecule has 7 nitrogen and oxygen atoms in total. The molecule has 9 heteroatoms. The predicted molar refractivity (Wildman–Crippen MR) is 111 cm³/mol. The van der Waals surface area contributed by atoms with Gasteiger partial charge in [-0.15, -0.1) is 11.3 Å². The van der Waals surface area contributed by atoms with Crippen LogP contribution in [0.2, 0.25) is 0 Å². The first-order valence-electron chi connectivity index (χ1n) is 9.18. The second-order valence-corrected chi connectivity index (χ2v) is 9.87. The summed E-state index contributed by atoms with van der Waals surface area (Å²) in [5.74, 6) is 0.646. The van der Waals surface area contributed by atoms with E-state index in [1.54, 1.807) is 23.7 Å². The molecule has 1 fully saturated rings. The summed E-state index contributed by atoms with van der Waals surface area (Å²) in [7, 11) is -3.74. The third-order valence-electron chi connectivity index (χ3n) is 4.98. The van der Waals surface area contributed by atoms with E-state index in [4.69, 9.17) is 0 Å². The van der Waals surface area contributed by atoms with E-state index in [0.717, 1.165) is 28.0 Å². The normalized spacial score (nSPS) is 16.0. The van der Waals surface area contributed by atoms with Crippen molar-refractivity contribution in [3.05, 3.63) is 41.0 Å². The van der Waals surface area contributed by atoms with Gasteiger partial charge >= 0.3 is 0 Å². The number of anilines is 1. The minimum Gasteiger partial charge on any atom is -0.507 e. The molecule has 1 saturated heterocycles. The lowest BCUT2D eigenvalue weighted by molar-refractivity contribution is 0.380. The van der Waals surface area contributed by atoms with Gasteiger partial charge in [0.15, 0.2) is 0 Å². The van der Waals surface area contributed by atoms with E-state index in [0.29, 0.717) is 26.2 Å². The fraction of sp³-hybridized carbons (Fsp3) is 0.368. The molecule has 1 N–H and O–H groups in total. The smallest absolute Gasteiger partial charge is 0.246 e. The highest BCUT2D eigenvalue weighted by molar-refractivity contribution is 7.89. The van der Waals surface area contributed by atoms with Gasteiger partial charge in [0.2, 0.25) is 10.0 Å². The lowest BCUT2D eigenvalue weighted by atomic mass is 10.2. The molecule has 0 aliphatic carbocycles. The number of sulfonamides is 1. The molecule has 0 bridgehead atoms. The van der Waals surface area contributed by atoms with Crippen molar-refractivity contribution >= 4 is 37.4 Å². The summed E-state index contributed by atoms with van der Waals surface area (Å²) in [6.45, 7) is 5.67. The van der Waals surface area contributed by atoms with Crippen molar-refractivity contribution in [1.29, 1.82) is 0 Å². The molecule has 3 heterocycles. The number of hydrogen-bond donors (Lipinski definition) is 1. The van der Waals surface area contributed by atoms with Crippen molar-refractivity contribution in [2.45, 2.75) is 25.2 Å². The fourth-order valence-electron chi connectivity index (χ4n) is 3.43. The van der Waals surface area contributed by atoms with Crippen molar-refractivity contribution in [3.63, 3.8) is 0 Å². The van der Waals surface area contributed by atoms with Crippen molar-refractivity contribution < 1.29 is 13.5 Å². The van der Waals surface area contributed by atoms with E-state index in [2.05, 4.69) is 27.9 Å². The molecule has 0 spiro atoms. The zero-order chi connectivity index (χ0) is 19.9. The van der Waals surface area contributed by atoms with Gasteiger partial charge in [0, 0.05) is 31.1 Å². The van der Waals surface area contributed by atoms with E-state index in [1.807, 2.05) is 6.92 Å². The number of nitrogens with zero attached hydrogens (tertiary/aromatic N) is 4. The molecule has 3 aromatic rings. The number of thiophene rings is 1. The van der Waals surface area contributed by atoms with Gasteiger partial charge in [0.25, 0.3) is 0 Å². The first kappa shape index (κ1) is 19.1. The van der Waals surface area contributed by atoms with Gasteiger partial charge in [-0.1, -0.05) is 13.0 Å². The van der Waals surface area contributed by atoms with Crippen LogP contribution in [0.4, 0.5) is 5.82 Å². The van der Waals surface area contributed by atoms with Crippen LogP contribution in [0.1, 0.15) is 17.4 Å². The van der Waals surface area contributed by atoms with Gasteiger partial charge in [-0.25, -0.2) is 18.4 Å². The number of benzene rings is 1. The predicted octanol–water partition coefficient (Wildman–Crippen LogP) is 2.78. The average molecular weight is 419 g/mol. The number of aromatic nitrogens is 2. The number of phenolic OH excluding ortho intramolecular Hbond substituents is 1. The van der Waals surface area contributed by atoms with Crippen LogP contribution in [-0.4, -0.2) is 54.0 Å². The van der Waals surface area contributed by atoms with E-state index >= 15 is 0 Å². The summed E-state index contributed by atoms with van der Waals surface area (Å²) in [5, 5.41) is 11.1. The summed E-state index contributed by atoms with van der Waals surface area (Å²) >= 11 is 1.67. The van der Waals surface area contributed by atoms with E-state index in [9.17, 15) is 13.5 Å². The van der Waals surface area contributed by atoms with Crippen LogP contribution in [0.25, 0.3) is 10.2 Å². The minimum atomic E-state index is -3.74. The van der Waals surface area contributed by atoms with Crippen LogP contribution < -0.4 is 4.90 Å². The molecule has 1 aliphatic rings. The fourth-order valence-corrected chi connectivity index (χ4v) is 5.95. The average Bonchev–Trinajstić information content (AvgIpc) is 3.13. The molecular weight excluding hydrogens is 396 g/mol. The maximum Gasteiger partial charge on any atom is 0.246 e. The summed E-state index contributed by atoms with van der Waals surface area (Å²) in [4.78, 5) is 13.1. The molecule has 0 unspecified atom stereocenters. The van der Waals surface area contributed by atoms with E-state index in [1.165, 1.54) is 21.3 Å². The molecule has 0 radical (unpaired) electrons. The lowest BCUT2D eigenvalue weighted by Gasteiger charge is -2.35. The first-order valence-corrected chi connectivity index (χ1v) is 11.4. The Morgan fingerprint density at radius 2 is 1.89 bits per heavy atom. The Hall–Kier alpha value is -2.23. The van der Waals surface area contributed by atoms with Crippen molar-refractivity contribution in [3.8, 4) is 5.75 Å². The number of aryl methyl sites for hydroxylation is 2. The van der Waals surface area contributed by atoms with Gasteiger partial charge in [-0.3, -0.25) is 0 Å². The molecule has 0 atom stereocenters. The van der Waals surface area contributed by atoms with Crippen molar-refractivity contribution in [2.24, 2.45) is 0 Å². The number of hydrogen-bond acceptors (Lipinski definition) is 7. The Kier molecular flexibility index (Phi) is 4.98. The number of piperazine rings is 1. The van der Waals surface area contributed by atoms with Crippen LogP contribution in [-0.2, 0) is 16.4 Å². The van der Waals surface area contributed by atoms with Gasteiger partial charge in [0.05, 0.1) is 5.39 Å². The molecule has 0 saturated carbocycles. The second kappa shape index (κ2) is 7.31. The minimum absolute atomic E-state index is 0.0317. The third kappa shape index (κ3) is 3.34. The van der Waals surface area contributed by atoms with Crippen molar-refractivity contribution in [1.82, 2.24) is 14.3 Å². The lowest BCUT2D eigenvalue weighted by Crippen LogP contribution is -2.49. The van der Waals surface area contributed by atoms with Gasteiger partial charge in [0.1, 0.15) is 27.6 Å². The van der Waals surface area contributed by atoms with Crippen LogP contribution in [0.3, 0.4) is 0 Å². The highest BCUT2D eigenvalue weighted by Crippen LogP contribution is 2.32. The Morgan fingerprint density at radius 3 is 2.61 bits per heavy atom. The molecule has 4 rings (SSSR count).